The average Bonchev–Trinajstić information content (AvgIpc) is 2.34. The Morgan fingerprint density at radius 2 is 2.21 bits per heavy atom. The lowest BCUT2D eigenvalue weighted by molar-refractivity contribution is -0.141. The van der Waals surface area contributed by atoms with E-state index in [0.29, 0.717) is 18.3 Å². The third-order valence-corrected chi connectivity index (χ3v) is 4.41. The Labute approximate surface area is 117 Å². The standard InChI is InChI=1S/C12H22N2O4S/c1-3-9-7-14(4-5-19-9)11(17)13-8-12(2,18)6-10(15)16/h9,18H,3-8H2,1-2H3,(H,13,17)(H,15,16). The molecule has 1 heterocycles. The second-order valence-electron chi connectivity index (χ2n) is 5.07. The molecule has 3 N–H and O–H groups in total. The summed E-state index contributed by atoms with van der Waals surface area (Å²) in [4.78, 5) is 24.2. The molecular weight excluding hydrogens is 268 g/mol. The van der Waals surface area contributed by atoms with Crippen molar-refractivity contribution in [2.45, 2.75) is 37.5 Å². The second-order valence-corrected chi connectivity index (χ2v) is 6.48. The summed E-state index contributed by atoms with van der Waals surface area (Å²) < 4.78 is 0. The number of carbonyl (C=O) groups is 2. The van der Waals surface area contributed by atoms with Crippen LogP contribution < -0.4 is 5.32 Å². The Morgan fingerprint density at radius 3 is 2.79 bits per heavy atom. The first-order valence-electron chi connectivity index (χ1n) is 6.42. The molecule has 1 saturated heterocycles. The Hall–Kier alpha value is -0.950. The van der Waals surface area contributed by atoms with E-state index in [2.05, 4.69) is 12.2 Å². The van der Waals surface area contributed by atoms with Crippen molar-refractivity contribution in [1.29, 1.82) is 0 Å². The van der Waals surface area contributed by atoms with Crippen LogP contribution in [0.5, 0.6) is 0 Å². The minimum Gasteiger partial charge on any atom is -0.481 e. The normalized spacial score (nSPS) is 22.7. The highest BCUT2D eigenvalue weighted by molar-refractivity contribution is 8.00. The van der Waals surface area contributed by atoms with Crippen molar-refractivity contribution in [2.24, 2.45) is 0 Å². The predicted molar refractivity (Wildman–Crippen MR) is 74.4 cm³/mol. The van der Waals surface area contributed by atoms with Gasteiger partial charge in [0.2, 0.25) is 0 Å². The van der Waals surface area contributed by atoms with E-state index < -0.39 is 11.6 Å². The number of thioether (sulfide) groups is 1. The van der Waals surface area contributed by atoms with Crippen LogP contribution in [0.15, 0.2) is 0 Å². The summed E-state index contributed by atoms with van der Waals surface area (Å²) in [7, 11) is 0. The molecule has 2 unspecified atom stereocenters. The number of carboxylic acid groups (broad SMARTS) is 1. The van der Waals surface area contributed by atoms with Gasteiger partial charge in [0.1, 0.15) is 0 Å². The number of hydrogen-bond acceptors (Lipinski definition) is 4. The molecule has 0 bridgehead atoms. The molecule has 2 amide bonds. The van der Waals surface area contributed by atoms with Gasteiger partial charge >= 0.3 is 12.0 Å². The molecule has 7 heteroatoms. The summed E-state index contributed by atoms with van der Waals surface area (Å²) in [6.45, 7) is 4.83. The van der Waals surface area contributed by atoms with Gasteiger partial charge in [0.05, 0.1) is 12.0 Å². The molecule has 0 aromatic rings. The summed E-state index contributed by atoms with van der Waals surface area (Å²) in [5.74, 6) is -0.170. The zero-order chi connectivity index (χ0) is 14.5. The molecule has 1 fully saturated rings. The van der Waals surface area contributed by atoms with E-state index in [1.807, 2.05) is 11.8 Å². The van der Waals surface area contributed by atoms with Gasteiger partial charge in [-0.1, -0.05) is 6.92 Å². The third-order valence-electron chi connectivity index (χ3n) is 3.03. The summed E-state index contributed by atoms with van der Waals surface area (Å²) in [5, 5.41) is 21.5. The number of carboxylic acids is 1. The predicted octanol–water partition coefficient (Wildman–Crippen LogP) is 0.749. The summed E-state index contributed by atoms with van der Waals surface area (Å²) in [5.41, 5.74) is -1.42. The SMILES string of the molecule is CCC1CN(C(=O)NCC(C)(O)CC(=O)O)CCS1. The molecule has 1 aliphatic heterocycles. The third kappa shape index (κ3) is 5.69. The molecule has 1 rings (SSSR count). The van der Waals surface area contributed by atoms with Gasteiger partial charge in [-0.3, -0.25) is 4.79 Å². The summed E-state index contributed by atoms with van der Waals surface area (Å²) in [6, 6.07) is -0.232. The molecule has 0 aliphatic carbocycles. The van der Waals surface area contributed by atoms with E-state index in [1.165, 1.54) is 6.92 Å². The zero-order valence-electron chi connectivity index (χ0n) is 11.4. The van der Waals surface area contributed by atoms with Crippen LogP contribution in [0.1, 0.15) is 26.7 Å². The van der Waals surface area contributed by atoms with Gasteiger partial charge in [0.25, 0.3) is 0 Å². The Balaban J connectivity index is 2.40. The number of amides is 2. The van der Waals surface area contributed by atoms with E-state index >= 15 is 0 Å². The second kappa shape index (κ2) is 7.00. The van der Waals surface area contributed by atoms with Gasteiger partial charge in [-0.15, -0.1) is 0 Å². The minimum atomic E-state index is -1.42. The largest absolute Gasteiger partial charge is 0.481 e. The van der Waals surface area contributed by atoms with Gasteiger partial charge in [0, 0.05) is 30.6 Å². The molecule has 0 saturated carbocycles. The van der Waals surface area contributed by atoms with Crippen LogP contribution in [0.3, 0.4) is 0 Å². The zero-order valence-corrected chi connectivity index (χ0v) is 12.2. The van der Waals surface area contributed by atoms with Gasteiger partial charge < -0.3 is 20.4 Å². The Morgan fingerprint density at radius 1 is 1.53 bits per heavy atom. The molecule has 110 valence electrons. The van der Waals surface area contributed by atoms with Crippen LogP contribution in [0.4, 0.5) is 4.79 Å². The number of aliphatic hydroxyl groups is 1. The van der Waals surface area contributed by atoms with Gasteiger partial charge in [-0.05, 0) is 13.3 Å². The molecule has 1 aliphatic rings. The summed E-state index contributed by atoms with van der Waals surface area (Å²) in [6.07, 6.45) is 0.631. The van der Waals surface area contributed by atoms with Crippen molar-refractivity contribution < 1.29 is 19.8 Å². The minimum absolute atomic E-state index is 0.0570. The van der Waals surface area contributed by atoms with Crippen molar-refractivity contribution >= 4 is 23.8 Å². The van der Waals surface area contributed by atoms with E-state index in [4.69, 9.17) is 5.11 Å². The van der Waals surface area contributed by atoms with Crippen molar-refractivity contribution in [3.05, 3.63) is 0 Å². The van der Waals surface area contributed by atoms with Gasteiger partial charge in [-0.25, -0.2) is 4.79 Å². The van der Waals surface area contributed by atoms with Crippen LogP contribution >= 0.6 is 11.8 Å². The maximum absolute atomic E-state index is 11.9. The molecule has 0 spiro atoms. The lowest BCUT2D eigenvalue weighted by Gasteiger charge is -2.33. The number of nitrogens with one attached hydrogen (secondary N) is 1. The lowest BCUT2D eigenvalue weighted by atomic mass is 10.0. The van der Waals surface area contributed by atoms with Gasteiger partial charge in [0.15, 0.2) is 0 Å². The molecule has 19 heavy (non-hydrogen) atoms. The van der Waals surface area contributed by atoms with Crippen molar-refractivity contribution in [3.8, 4) is 0 Å². The number of nitrogens with zero attached hydrogens (tertiary/aromatic N) is 1. The van der Waals surface area contributed by atoms with Crippen molar-refractivity contribution in [3.63, 3.8) is 0 Å². The van der Waals surface area contributed by atoms with Gasteiger partial charge in [-0.2, -0.15) is 11.8 Å². The Kier molecular flexibility index (Phi) is 5.93. The van der Waals surface area contributed by atoms with Crippen LogP contribution in [0.2, 0.25) is 0 Å². The van der Waals surface area contributed by atoms with Crippen molar-refractivity contribution in [1.82, 2.24) is 10.2 Å². The lowest BCUT2D eigenvalue weighted by Crippen LogP contribution is -2.50. The average molecular weight is 290 g/mol. The highest BCUT2D eigenvalue weighted by Crippen LogP contribution is 2.21. The van der Waals surface area contributed by atoms with Crippen molar-refractivity contribution in [2.75, 3.05) is 25.4 Å². The number of hydrogen-bond donors (Lipinski definition) is 3. The number of carbonyl (C=O) groups excluding carboxylic acids is 1. The maximum Gasteiger partial charge on any atom is 0.317 e. The van der Waals surface area contributed by atoms with E-state index in [1.54, 1.807) is 4.90 Å². The number of urea groups is 1. The van der Waals surface area contributed by atoms with Crippen LogP contribution in [0, 0.1) is 0 Å². The fourth-order valence-corrected chi connectivity index (χ4v) is 3.10. The Bertz CT molecular complexity index is 336. The maximum atomic E-state index is 11.9. The quantitative estimate of drug-likeness (QED) is 0.695. The molecule has 0 aromatic carbocycles. The first-order valence-corrected chi connectivity index (χ1v) is 7.47. The first kappa shape index (κ1) is 16.1. The van der Waals surface area contributed by atoms with Crippen LogP contribution in [-0.4, -0.2) is 63.4 Å². The van der Waals surface area contributed by atoms with Crippen LogP contribution in [-0.2, 0) is 4.79 Å². The van der Waals surface area contributed by atoms with Crippen LogP contribution in [0.25, 0.3) is 0 Å². The molecule has 0 aromatic heterocycles. The summed E-state index contributed by atoms with van der Waals surface area (Å²) >= 11 is 1.87. The number of rotatable bonds is 5. The molecule has 0 radical (unpaired) electrons. The number of aliphatic carboxylic acids is 1. The van der Waals surface area contributed by atoms with E-state index in [0.717, 1.165) is 12.2 Å². The monoisotopic (exact) mass is 290 g/mol. The highest BCUT2D eigenvalue weighted by Gasteiger charge is 2.27. The topological polar surface area (TPSA) is 89.9 Å². The fraction of sp³-hybridized carbons (Fsp3) is 0.833. The molecular formula is C12H22N2O4S. The van der Waals surface area contributed by atoms with E-state index in [-0.39, 0.29) is 19.0 Å². The highest BCUT2D eigenvalue weighted by atomic mass is 32.2. The van der Waals surface area contributed by atoms with E-state index in [9.17, 15) is 14.7 Å². The molecule has 2 atom stereocenters. The first-order chi connectivity index (χ1) is 8.84. The fourth-order valence-electron chi connectivity index (χ4n) is 1.92. The smallest absolute Gasteiger partial charge is 0.317 e. The molecule has 6 nitrogen and oxygen atoms in total.